The van der Waals surface area contributed by atoms with Gasteiger partial charge in [0.1, 0.15) is 0 Å². The number of carbonyl (C=O) groups is 1. The number of carbonyl (C=O) groups excluding carboxylic acids is 1. The van der Waals surface area contributed by atoms with Gasteiger partial charge in [0.05, 0.1) is 18.3 Å². The summed E-state index contributed by atoms with van der Waals surface area (Å²) >= 11 is 0. The topological polar surface area (TPSA) is 65.1 Å². The lowest BCUT2D eigenvalue weighted by atomic mass is 9.93. The molecule has 0 aliphatic carbocycles. The second-order valence-corrected chi connectivity index (χ2v) is 5.62. The van der Waals surface area contributed by atoms with E-state index in [1.165, 1.54) is 25.9 Å². The number of hydrogen-bond donors (Lipinski definition) is 1. The predicted octanol–water partition coefficient (Wildman–Crippen LogP) is 0.928. The van der Waals surface area contributed by atoms with Crippen LogP contribution in [-0.4, -0.2) is 64.3 Å². The molecule has 20 heavy (non-hydrogen) atoms. The maximum absolute atomic E-state index is 12.0. The Bertz CT molecular complexity index is 398. The third-order valence-electron chi connectivity index (χ3n) is 4.25. The van der Waals surface area contributed by atoms with Crippen LogP contribution in [0.3, 0.4) is 0 Å². The van der Waals surface area contributed by atoms with E-state index in [1.54, 1.807) is 6.20 Å². The van der Waals surface area contributed by atoms with E-state index in [4.69, 9.17) is 0 Å². The van der Waals surface area contributed by atoms with E-state index in [-0.39, 0.29) is 5.91 Å². The zero-order valence-corrected chi connectivity index (χ0v) is 12.5. The molecule has 0 spiro atoms. The molecule has 0 radical (unpaired) electrons. The number of aromatic amines is 1. The number of amides is 1. The molecule has 0 atom stereocenters. The number of piperidine rings is 1. The van der Waals surface area contributed by atoms with E-state index in [9.17, 15) is 4.79 Å². The highest BCUT2D eigenvalue weighted by Gasteiger charge is 2.19. The van der Waals surface area contributed by atoms with Crippen molar-refractivity contribution in [1.29, 1.82) is 0 Å². The van der Waals surface area contributed by atoms with Crippen molar-refractivity contribution in [2.24, 2.45) is 5.92 Å². The maximum Gasteiger partial charge on any atom is 0.228 e. The molecule has 2 rings (SSSR count). The number of nitrogens with one attached hydrogen (secondary N) is 1. The Hall–Kier alpha value is -1.43. The largest absolute Gasteiger partial charge is 0.345 e. The monoisotopic (exact) mass is 279 g/mol. The molecule has 6 nitrogen and oxygen atoms in total. The Morgan fingerprint density at radius 3 is 2.85 bits per heavy atom. The molecule has 112 valence electrons. The quantitative estimate of drug-likeness (QED) is 0.841. The summed E-state index contributed by atoms with van der Waals surface area (Å²) < 4.78 is 0. The van der Waals surface area contributed by atoms with Crippen molar-refractivity contribution in [3.05, 3.63) is 11.9 Å². The lowest BCUT2D eigenvalue weighted by Gasteiger charge is -2.31. The number of rotatable bonds is 6. The minimum atomic E-state index is 0.116. The standard InChI is InChI=1S/C14H25N5O/c1-3-19-8-5-12(6-9-19)4-7-18(2)14(20)10-13-11-15-17-16-13/h11-12H,3-10H2,1-2H3,(H,15,16,17). The molecule has 1 amide bonds. The second kappa shape index (κ2) is 7.38. The average Bonchev–Trinajstić information content (AvgIpc) is 2.98. The molecule has 0 unspecified atom stereocenters. The van der Waals surface area contributed by atoms with Gasteiger partial charge in [-0.25, -0.2) is 0 Å². The zero-order valence-electron chi connectivity index (χ0n) is 12.5. The Morgan fingerprint density at radius 2 is 2.25 bits per heavy atom. The van der Waals surface area contributed by atoms with Crippen molar-refractivity contribution >= 4 is 5.91 Å². The number of nitrogens with zero attached hydrogens (tertiary/aromatic N) is 4. The van der Waals surface area contributed by atoms with Crippen LogP contribution in [0.5, 0.6) is 0 Å². The van der Waals surface area contributed by atoms with Gasteiger partial charge in [0, 0.05) is 13.6 Å². The number of likely N-dealkylation sites (tertiary alicyclic amines) is 1. The first kappa shape index (κ1) is 15.0. The van der Waals surface area contributed by atoms with Crippen LogP contribution < -0.4 is 0 Å². The highest BCUT2D eigenvalue weighted by Crippen LogP contribution is 2.20. The van der Waals surface area contributed by atoms with Crippen molar-refractivity contribution < 1.29 is 4.79 Å². The summed E-state index contributed by atoms with van der Waals surface area (Å²) in [7, 11) is 1.88. The second-order valence-electron chi connectivity index (χ2n) is 5.62. The van der Waals surface area contributed by atoms with Crippen LogP contribution >= 0.6 is 0 Å². The maximum atomic E-state index is 12.0. The Labute approximate surface area is 120 Å². The van der Waals surface area contributed by atoms with Crippen molar-refractivity contribution in [1.82, 2.24) is 25.2 Å². The van der Waals surface area contributed by atoms with E-state index in [0.717, 1.165) is 25.4 Å². The van der Waals surface area contributed by atoms with Gasteiger partial charge in [0.2, 0.25) is 5.91 Å². The third kappa shape index (κ3) is 4.30. The first-order valence-electron chi connectivity index (χ1n) is 7.50. The summed E-state index contributed by atoms with van der Waals surface area (Å²) in [6.07, 6.45) is 5.57. The summed E-state index contributed by atoms with van der Waals surface area (Å²) in [5.41, 5.74) is 0.707. The van der Waals surface area contributed by atoms with Gasteiger partial charge in [-0.15, -0.1) is 0 Å². The third-order valence-corrected chi connectivity index (χ3v) is 4.25. The molecule has 6 heteroatoms. The molecule has 0 bridgehead atoms. The van der Waals surface area contributed by atoms with Crippen LogP contribution in [0, 0.1) is 5.92 Å². The molecule has 1 aromatic heterocycles. The lowest BCUT2D eigenvalue weighted by Crippen LogP contribution is -2.35. The van der Waals surface area contributed by atoms with Gasteiger partial charge in [-0.2, -0.15) is 15.4 Å². The molecular formula is C14H25N5O. The number of hydrogen-bond acceptors (Lipinski definition) is 4. The smallest absolute Gasteiger partial charge is 0.228 e. The predicted molar refractivity (Wildman–Crippen MR) is 77.2 cm³/mol. The molecule has 1 aliphatic rings. The molecular weight excluding hydrogens is 254 g/mol. The van der Waals surface area contributed by atoms with Crippen LogP contribution in [0.25, 0.3) is 0 Å². The number of aromatic nitrogens is 3. The van der Waals surface area contributed by atoms with Gasteiger partial charge in [-0.1, -0.05) is 6.92 Å². The number of H-pyrrole nitrogens is 1. The highest BCUT2D eigenvalue weighted by molar-refractivity contribution is 5.77. The molecule has 1 fully saturated rings. The van der Waals surface area contributed by atoms with E-state index in [0.29, 0.717) is 12.1 Å². The van der Waals surface area contributed by atoms with Crippen LogP contribution in [-0.2, 0) is 11.2 Å². The Kier molecular flexibility index (Phi) is 5.52. The zero-order chi connectivity index (χ0) is 14.4. The first-order valence-corrected chi connectivity index (χ1v) is 7.50. The van der Waals surface area contributed by atoms with Gasteiger partial charge < -0.3 is 9.80 Å². The molecule has 1 aromatic rings. The van der Waals surface area contributed by atoms with E-state index in [1.807, 2.05) is 11.9 Å². The summed E-state index contributed by atoms with van der Waals surface area (Å²) in [5, 5.41) is 10.2. The van der Waals surface area contributed by atoms with Crippen molar-refractivity contribution in [2.75, 3.05) is 33.2 Å². The minimum Gasteiger partial charge on any atom is -0.345 e. The van der Waals surface area contributed by atoms with Crippen LogP contribution in [0.4, 0.5) is 0 Å². The van der Waals surface area contributed by atoms with Crippen LogP contribution in [0.15, 0.2) is 6.20 Å². The Morgan fingerprint density at radius 1 is 1.50 bits per heavy atom. The molecule has 0 saturated carbocycles. The average molecular weight is 279 g/mol. The SMILES string of the molecule is CCN1CCC(CCN(C)C(=O)Cc2cn[nH]n2)CC1. The van der Waals surface area contributed by atoms with E-state index >= 15 is 0 Å². The first-order chi connectivity index (χ1) is 9.69. The number of likely N-dealkylation sites (N-methyl/N-ethyl adjacent to an activating group) is 1. The van der Waals surface area contributed by atoms with Crippen LogP contribution in [0.2, 0.25) is 0 Å². The fraction of sp³-hybridized carbons (Fsp3) is 0.786. The van der Waals surface area contributed by atoms with E-state index in [2.05, 4.69) is 27.2 Å². The molecule has 1 saturated heterocycles. The van der Waals surface area contributed by atoms with Crippen molar-refractivity contribution in [3.8, 4) is 0 Å². The fourth-order valence-corrected chi connectivity index (χ4v) is 2.69. The van der Waals surface area contributed by atoms with Gasteiger partial charge in [0.25, 0.3) is 0 Å². The normalized spacial score (nSPS) is 17.3. The summed E-state index contributed by atoms with van der Waals surface area (Å²) in [5.74, 6) is 0.880. The molecule has 1 N–H and O–H groups in total. The van der Waals surface area contributed by atoms with Gasteiger partial charge in [0.15, 0.2) is 0 Å². The summed E-state index contributed by atoms with van der Waals surface area (Å²) in [6, 6.07) is 0. The van der Waals surface area contributed by atoms with Crippen molar-refractivity contribution in [3.63, 3.8) is 0 Å². The molecule has 0 aromatic carbocycles. The lowest BCUT2D eigenvalue weighted by molar-refractivity contribution is -0.129. The highest BCUT2D eigenvalue weighted by atomic mass is 16.2. The van der Waals surface area contributed by atoms with Crippen molar-refractivity contribution in [2.45, 2.75) is 32.6 Å². The van der Waals surface area contributed by atoms with Crippen LogP contribution in [0.1, 0.15) is 31.9 Å². The molecule has 2 heterocycles. The molecule has 1 aliphatic heterocycles. The minimum absolute atomic E-state index is 0.116. The van der Waals surface area contributed by atoms with Gasteiger partial charge in [-0.05, 0) is 44.8 Å². The van der Waals surface area contributed by atoms with E-state index < -0.39 is 0 Å². The Balaban J connectivity index is 1.67. The summed E-state index contributed by atoms with van der Waals surface area (Å²) in [6.45, 7) is 6.63. The summed E-state index contributed by atoms with van der Waals surface area (Å²) in [4.78, 5) is 16.3. The van der Waals surface area contributed by atoms with Gasteiger partial charge >= 0.3 is 0 Å². The fourth-order valence-electron chi connectivity index (χ4n) is 2.69. The van der Waals surface area contributed by atoms with Gasteiger partial charge in [-0.3, -0.25) is 4.79 Å².